The molecule has 0 spiro atoms. The summed E-state index contributed by atoms with van der Waals surface area (Å²) in [4.78, 5) is 25.5. The van der Waals surface area contributed by atoms with E-state index < -0.39 is 12.1 Å². The smallest absolute Gasteiger partial charge is 0.408 e. The molecule has 7 heteroatoms. The predicted octanol–water partition coefficient (Wildman–Crippen LogP) is 5.20. The highest BCUT2D eigenvalue weighted by molar-refractivity contribution is 8.17. The van der Waals surface area contributed by atoms with E-state index in [0.29, 0.717) is 11.0 Å². The summed E-state index contributed by atoms with van der Waals surface area (Å²) in [6.07, 6.45) is 4.42. The summed E-state index contributed by atoms with van der Waals surface area (Å²) < 4.78 is 5.73. The van der Waals surface area contributed by atoms with Crippen molar-refractivity contribution < 1.29 is 14.3 Å². The molecular weight excluding hydrogens is 416 g/mol. The quantitative estimate of drug-likeness (QED) is 0.483. The highest BCUT2D eigenvalue weighted by Gasteiger charge is 2.30. The molecule has 1 aliphatic rings. The Morgan fingerprint density at radius 3 is 2.47 bits per heavy atom. The zero-order valence-corrected chi connectivity index (χ0v) is 20.0. The summed E-state index contributed by atoms with van der Waals surface area (Å²) in [6, 6.07) is 9.09. The molecule has 30 heavy (non-hydrogen) atoms. The van der Waals surface area contributed by atoms with Crippen LogP contribution in [0.25, 0.3) is 0 Å². The minimum absolute atomic E-state index is 0.103. The van der Waals surface area contributed by atoms with E-state index in [2.05, 4.69) is 31.4 Å². The number of alkyl carbamates (subject to hydrolysis) is 1. The van der Waals surface area contributed by atoms with E-state index >= 15 is 0 Å². The van der Waals surface area contributed by atoms with Gasteiger partial charge in [-0.1, -0.05) is 63.9 Å². The molecule has 2 atom stereocenters. The number of hydrogen-bond donors (Lipinski definition) is 2. The van der Waals surface area contributed by atoms with Crippen LogP contribution in [0, 0.1) is 5.92 Å². The van der Waals surface area contributed by atoms with Crippen LogP contribution in [0.15, 0.2) is 30.3 Å². The number of unbranched alkanes of at least 4 members (excludes halogenated alkanes) is 1. The third kappa shape index (κ3) is 9.21. The number of ether oxygens (including phenoxy) is 1. The summed E-state index contributed by atoms with van der Waals surface area (Å²) in [6.45, 7) is 6.47. The fourth-order valence-corrected chi connectivity index (χ4v) is 6.44. The molecular formula is C23H36N2O3S2. The lowest BCUT2D eigenvalue weighted by Crippen LogP contribution is -2.52. The van der Waals surface area contributed by atoms with Crippen molar-refractivity contribution in [3.63, 3.8) is 0 Å². The van der Waals surface area contributed by atoms with E-state index in [1.807, 2.05) is 53.9 Å². The number of hydrogen-bond acceptors (Lipinski definition) is 5. The van der Waals surface area contributed by atoms with Crippen LogP contribution in [0.5, 0.6) is 0 Å². The Hall–Kier alpha value is -1.34. The average Bonchev–Trinajstić information content (AvgIpc) is 2.75. The SMILES string of the molecule is CCCCC(NC(=O)[C@H](CC(C)C)NC(=O)OCc1ccccc1)C1SCCCS1. The molecule has 0 aliphatic carbocycles. The fraction of sp³-hybridized carbons (Fsp3) is 0.652. The largest absolute Gasteiger partial charge is 0.445 e. The lowest BCUT2D eigenvalue weighted by Gasteiger charge is -2.31. The van der Waals surface area contributed by atoms with Crippen molar-refractivity contribution in [3.8, 4) is 0 Å². The monoisotopic (exact) mass is 452 g/mol. The highest BCUT2D eigenvalue weighted by Crippen LogP contribution is 2.34. The second-order valence-electron chi connectivity index (χ2n) is 8.11. The van der Waals surface area contributed by atoms with Crippen molar-refractivity contribution in [2.75, 3.05) is 11.5 Å². The van der Waals surface area contributed by atoms with E-state index in [9.17, 15) is 9.59 Å². The summed E-state index contributed by atoms with van der Waals surface area (Å²) >= 11 is 3.89. The molecule has 1 aromatic rings. The van der Waals surface area contributed by atoms with Gasteiger partial charge >= 0.3 is 6.09 Å². The number of benzene rings is 1. The van der Waals surface area contributed by atoms with Crippen LogP contribution in [-0.4, -0.2) is 40.2 Å². The van der Waals surface area contributed by atoms with E-state index in [4.69, 9.17) is 4.74 Å². The summed E-state index contributed by atoms with van der Waals surface area (Å²) in [5, 5.41) is 6.05. The van der Waals surface area contributed by atoms with Crippen LogP contribution in [-0.2, 0) is 16.1 Å². The molecule has 0 aromatic heterocycles. The second kappa shape index (κ2) is 13.9. The number of carbonyl (C=O) groups is 2. The van der Waals surface area contributed by atoms with Gasteiger partial charge in [-0.3, -0.25) is 4.79 Å². The Balaban J connectivity index is 1.94. The molecule has 0 saturated carbocycles. The second-order valence-corrected chi connectivity index (χ2v) is 10.9. The van der Waals surface area contributed by atoms with Crippen LogP contribution >= 0.6 is 23.5 Å². The molecule has 1 heterocycles. The first-order valence-electron chi connectivity index (χ1n) is 11.0. The molecule has 0 bridgehead atoms. The first-order chi connectivity index (χ1) is 14.5. The molecule has 1 fully saturated rings. The Morgan fingerprint density at radius 2 is 1.83 bits per heavy atom. The molecule has 168 valence electrons. The molecule has 1 aromatic carbocycles. The molecule has 1 aliphatic heterocycles. The van der Waals surface area contributed by atoms with Crippen LogP contribution in [0.4, 0.5) is 4.79 Å². The molecule has 2 N–H and O–H groups in total. The maximum absolute atomic E-state index is 13.1. The van der Waals surface area contributed by atoms with Gasteiger partial charge in [0.05, 0.1) is 4.58 Å². The van der Waals surface area contributed by atoms with Gasteiger partial charge in [0, 0.05) is 6.04 Å². The highest BCUT2D eigenvalue weighted by atomic mass is 32.2. The van der Waals surface area contributed by atoms with Crippen molar-refractivity contribution >= 4 is 35.5 Å². The van der Waals surface area contributed by atoms with E-state index in [-0.39, 0.29) is 24.5 Å². The Bertz CT molecular complexity index is 637. The third-order valence-electron chi connectivity index (χ3n) is 4.91. The van der Waals surface area contributed by atoms with Crippen LogP contribution < -0.4 is 10.6 Å². The molecule has 0 radical (unpaired) electrons. The molecule has 2 amide bonds. The first kappa shape index (κ1) is 24.9. The zero-order chi connectivity index (χ0) is 21.8. The van der Waals surface area contributed by atoms with Crippen molar-refractivity contribution in [2.24, 2.45) is 5.92 Å². The van der Waals surface area contributed by atoms with Gasteiger partial charge in [-0.15, -0.1) is 23.5 Å². The fourth-order valence-electron chi connectivity index (χ4n) is 3.33. The predicted molar refractivity (Wildman–Crippen MR) is 128 cm³/mol. The molecule has 1 unspecified atom stereocenters. The van der Waals surface area contributed by atoms with Gasteiger partial charge in [-0.05, 0) is 42.2 Å². The number of amides is 2. The normalized spacial score (nSPS) is 16.7. The van der Waals surface area contributed by atoms with Crippen LogP contribution in [0.1, 0.15) is 58.4 Å². The van der Waals surface area contributed by atoms with Gasteiger partial charge in [-0.2, -0.15) is 0 Å². The number of carbonyl (C=O) groups excluding carboxylic acids is 2. The van der Waals surface area contributed by atoms with Gasteiger partial charge in [0.25, 0.3) is 0 Å². The molecule has 5 nitrogen and oxygen atoms in total. The maximum atomic E-state index is 13.1. The number of thioether (sulfide) groups is 2. The van der Waals surface area contributed by atoms with Gasteiger partial charge < -0.3 is 15.4 Å². The van der Waals surface area contributed by atoms with Gasteiger partial charge in [-0.25, -0.2) is 4.79 Å². The van der Waals surface area contributed by atoms with E-state index in [1.165, 1.54) is 6.42 Å². The minimum Gasteiger partial charge on any atom is -0.445 e. The van der Waals surface area contributed by atoms with Gasteiger partial charge in [0.2, 0.25) is 5.91 Å². The van der Waals surface area contributed by atoms with Gasteiger partial charge in [0.15, 0.2) is 0 Å². The molecule has 1 saturated heterocycles. The maximum Gasteiger partial charge on any atom is 0.408 e. The Kier molecular flexibility index (Phi) is 11.5. The van der Waals surface area contributed by atoms with E-state index in [0.717, 1.165) is 36.3 Å². The van der Waals surface area contributed by atoms with Crippen LogP contribution in [0.2, 0.25) is 0 Å². The standard InChI is InChI=1S/C23H36N2O3S2/c1-4-5-12-19(22-29-13-9-14-30-22)24-21(26)20(15-17(2)3)25-23(27)28-16-18-10-7-6-8-11-18/h6-8,10-11,17,19-20,22H,4-5,9,12-16H2,1-3H3,(H,24,26)(H,25,27)/t19?,20-/m0/s1. The van der Waals surface area contributed by atoms with Crippen molar-refractivity contribution in [1.29, 1.82) is 0 Å². The topological polar surface area (TPSA) is 67.4 Å². The van der Waals surface area contributed by atoms with Crippen molar-refractivity contribution in [2.45, 2.75) is 76.1 Å². The van der Waals surface area contributed by atoms with Gasteiger partial charge in [0.1, 0.15) is 12.6 Å². The van der Waals surface area contributed by atoms with Crippen molar-refractivity contribution in [1.82, 2.24) is 10.6 Å². The van der Waals surface area contributed by atoms with Crippen molar-refractivity contribution in [3.05, 3.63) is 35.9 Å². The van der Waals surface area contributed by atoms with E-state index in [1.54, 1.807) is 0 Å². The minimum atomic E-state index is -0.587. The third-order valence-corrected chi connectivity index (χ3v) is 8.09. The average molecular weight is 453 g/mol. The number of nitrogens with one attached hydrogen (secondary N) is 2. The summed E-state index contributed by atoms with van der Waals surface area (Å²) in [5.41, 5.74) is 0.920. The molecule has 2 rings (SSSR count). The summed E-state index contributed by atoms with van der Waals surface area (Å²) in [5.74, 6) is 2.47. The summed E-state index contributed by atoms with van der Waals surface area (Å²) in [7, 11) is 0. The van der Waals surface area contributed by atoms with Crippen LogP contribution in [0.3, 0.4) is 0 Å². The lowest BCUT2D eigenvalue weighted by atomic mass is 10.0. The zero-order valence-electron chi connectivity index (χ0n) is 18.4. The Labute approximate surface area is 189 Å². The lowest BCUT2D eigenvalue weighted by molar-refractivity contribution is -0.124. The first-order valence-corrected chi connectivity index (χ1v) is 13.1. The number of rotatable bonds is 11. The Morgan fingerprint density at radius 1 is 1.13 bits per heavy atom.